The molecule has 0 aliphatic rings. The molecular formula is C12H14ClN3O. The van der Waals surface area contributed by atoms with Crippen LogP contribution in [-0.4, -0.2) is 19.9 Å². The molecule has 0 aromatic carbocycles. The SMILES string of the molecule is CC(C)n1ncc(Cl)c1C(O)c1ccncc1. The molecular weight excluding hydrogens is 238 g/mol. The molecule has 0 radical (unpaired) electrons. The van der Waals surface area contributed by atoms with Crippen molar-refractivity contribution in [2.75, 3.05) is 0 Å². The van der Waals surface area contributed by atoms with Crippen molar-refractivity contribution in [3.63, 3.8) is 0 Å². The molecule has 1 atom stereocenters. The molecule has 2 aromatic rings. The Kier molecular flexibility index (Phi) is 3.45. The molecule has 1 unspecified atom stereocenters. The summed E-state index contributed by atoms with van der Waals surface area (Å²) in [5, 5.41) is 15.0. The number of rotatable bonds is 3. The minimum Gasteiger partial charge on any atom is -0.382 e. The lowest BCUT2D eigenvalue weighted by atomic mass is 10.1. The molecule has 1 N–H and O–H groups in total. The van der Waals surface area contributed by atoms with E-state index in [0.29, 0.717) is 10.7 Å². The first kappa shape index (κ1) is 12.1. The second-order valence-electron chi connectivity index (χ2n) is 4.10. The number of nitrogens with zero attached hydrogens (tertiary/aromatic N) is 3. The lowest BCUT2D eigenvalue weighted by Gasteiger charge is -2.16. The quantitative estimate of drug-likeness (QED) is 0.912. The molecule has 90 valence electrons. The number of pyridine rings is 1. The van der Waals surface area contributed by atoms with Gasteiger partial charge in [-0.15, -0.1) is 0 Å². The first-order valence-electron chi connectivity index (χ1n) is 5.42. The third kappa shape index (κ3) is 2.33. The summed E-state index contributed by atoms with van der Waals surface area (Å²) in [6.45, 7) is 3.98. The van der Waals surface area contributed by atoms with Gasteiger partial charge in [0.1, 0.15) is 6.10 Å². The molecule has 0 saturated heterocycles. The van der Waals surface area contributed by atoms with Crippen LogP contribution in [0.2, 0.25) is 5.02 Å². The molecule has 0 amide bonds. The van der Waals surface area contributed by atoms with Gasteiger partial charge in [0, 0.05) is 18.4 Å². The molecule has 2 aromatic heterocycles. The number of hydrogen-bond acceptors (Lipinski definition) is 3. The van der Waals surface area contributed by atoms with Crippen LogP contribution in [0.15, 0.2) is 30.7 Å². The number of hydrogen-bond donors (Lipinski definition) is 1. The molecule has 2 heterocycles. The summed E-state index contributed by atoms with van der Waals surface area (Å²) in [6, 6.07) is 3.67. The summed E-state index contributed by atoms with van der Waals surface area (Å²) < 4.78 is 1.73. The van der Waals surface area contributed by atoms with Crippen molar-refractivity contribution >= 4 is 11.6 Å². The van der Waals surface area contributed by atoms with Crippen molar-refractivity contribution in [2.45, 2.75) is 26.0 Å². The average Bonchev–Trinajstić information content (AvgIpc) is 2.71. The Labute approximate surface area is 105 Å². The Morgan fingerprint density at radius 2 is 1.94 bits per heavy atom. The summed E-state index contributed by atoms with van der Waals surface area (Å²) in [6.07, 6.45) is 4.06. The maximum atomic E-state index is 10.3. The van der Waals surface area contributed by atoms with Crippen LogP contribution in [0.4, 0.5) is 0 Å². The third-order valence-corrected chi connectivity index (χ3v) is 2.85. The number of halogens is 1. The van der Waals surface area contributed by atoms with E-state index in [1.54, 1.807) is 35.4 Å². The predicted molar refractivity (Wildman–Crippen MR) is 65.9 cm³/mol. The molecule has 4 nitrogen and oxygen atoms in total. The second kappa shape index (κ2) is 4.85. The van der Waals surface area contributed by atoms with Crippen LogP contribution in [0.5, 0.6) is 0 Å². The fourth-order valence-electron chi connectivity index (χ4n) is 1.72. The van der Waals surface area contributed by atoms with Crippen LogP contribution in [0.25, 0.3) is 0 Å². The highest BCUT2D eigenvalue weighted by Gasteiger charge is 2.20. The zero-order chi connectivity index (χ0) is 12.4. The highest BCUT2D eigenvalue weighted by atomic mass is 35.5. The number of aliphatic hydroxyl groups excluding tert-OH is 1. The van der Waals surface area contributed by atoms with Crippen LogP contribution >= 0.6 is 11.6 Å². The van der Waals surface area contributed by atoms with Crippen molar-refractivity contribution in [3.8, 4) is 0 Å². The van der Waals surface area contributed by atoms with Gasteiger partial charge >= 0.3 is 0 Å². The van der Waals surface area contributed by atoms with Crippen molar-refractivity contribution in [1.29, 1.82) is 0 Å². The number of aliphatic hydroxyl groups is 1. The van der Waals surface area contributed by atoms with Crippen molar-refractivity contribution < 1.29 is 5.11 Å². The first-order chi connectivity index (χ1) is 8.11. The predicted octanol–water partition coefficient (Wildman–Crippen LogP) is 2.59. The molecule has 5 heteroatoms. The fraction of sp³-hybridized carbons (Fsp3) is 0.333. The first-order valence-corrected chi connectivity index (χ1v) is 5.80. The molecule has 0 aliphatic heterocycles. The summed E-state index contributed by atoms with van der Waals surface area (Å²) >= 11 is 6.07. The molecule has 0 aliphatic carbocycles. The molecule has 17 heavy (non-hydrogen) atoms. The van der Waals surface area contributed by atoms with Crippen LogP contribution in [0.1, 0.15) is 37.3 Å². The molecule has 2 rings (SSSR count). The van der Waals surface area contributed by atoms with Gasteiger partial charge in [0.25, 0.3) is 0 Å². The van der Waals surface area contributed by atoms with Crippen molar-refractivity contribution in [1.82, 2.24) is 14.8 Å². The van der Waals surface area contributed by atoms with E-state index in [1.807, 2.05) is 13.8 Å². The Bertz CT molecular complexity index is 496. The Hall–Kier alpha value is -1.39. The molecule has 0 fully saturated rings. The highest BCUT2D eigenvalue weighted by molar-refractivity contribution is 6.31. The van der Waals surface area contributed by atoms with E-state index in [4.69, 9.17) is 11.6 Å². The van der Waals surface area contributed by atoms with Crippen molar-refractivity contribution in [3.05, 3.63) is 47.0 Å². The Balaban J connectivity index is 2.43. The van der Waals surface area contributed by atoms with E-state index in [9.17, 15) is 5.11 Å². The Morgan fingerprint density at radius 1 is 1.29 bits per heavy atom. The normalized spacial score (nSPS) is 13.0. The van der Waals surface area contributed by atoms with Gasteiger partial charge in [-0.3, -0.25) is 9.67 Å². The zero-order valence-electron chi connectivity index (χ0n) is 9.71. The maximum absolute atomic E-state index is 10.3. The lowest BCUT2D eigenvalue weighted by molar-refractivity contribution is 0.205. The average molecular weight is 252 g/mol. The minimum atomic E-state index is -0.782. The van der Waals surface area contributed by atoms with Gasteiger partial charge in [-0.2, -0.15) is 5.10 Å². The summed E-state index contributed by atoms with van der Waals surface area (Å²) in [5.41, 5.74) is 1.37. The maximum Gasteiger partial charge on any atom is 0.122 e. The van der Waals surface area contributed by atoms with E-state index in [2.05, 4.69) is 10.1 Å². The third-order valence-electron chi connectivity index (χ3n) is 2.56. The van der Waals surface area contributed by atoms with E-state index < -0.39 is 6.10 Å². The summed E-state index contributed by atoms with van der Waals surface area (Å²) in [7, 11) is 0. The van der Waals surface area contributed by atoms with E-state index in [0.717, 1.165) is 5.56 Å². The second-order valence-corrected chi connectivity index (χ2v) is 4.51. The Morgan fingerprint density at radius 3 is 2.53 bits per heavy atom. The van der Waals surface area contributed by atoms with E-state index in [-0.39, 0.29) is 6.04 Å². The van der Waals surface area contributed by atoms with Crippen LogP contribution < -0.4 is 0 Å². The van der Waals surface area contributed by atoms with Gasteiger partial charge < -0.3 is 5.11 Å². The van der Waals surface area contributed by atoms with Gasteiger partial charge in [0.15, 0.2) is 0 Å². The largest absolute Gasteiger partial charge is 0.382 e. The van der Waals surface area contributed by atoms with Crippen LogP contribution in [0.3, 0.4) is 0 Å². The van der Waals surface area contributed by atoms with Gasteiger partial charge in [0.05, 0.1) is 16.9 Å². The topological polar surface area (TPSA) is 50.9 Å². The highest BCUT2D eigenvalue weighted by Crippen LogP contribution is 2.29. The van der Waals surface area contributed by atoms with E-state index in [1.165, 1.54) is 0 Å². The van der Waals surface area contributed by atoms with Crippen LogP contribution in [0, 0.1) is 0 Å². The van der Waals surface area contributed by atoms with E-state index >= 15 is 0 Å². The molecule has 0 bridgehead atoms. The van der Waals surface area contributed by atoms with Gasteiger partial charge in [-0.05, 0) is 31.5 Å². The smallest absolute Gasteiger partial charge is 0.122 e. The number of aromatic nitrogens is 3. The summed E-state index contributed by atoms with van der Waals surface area (Å²) in [4.78, 5) is 3.92. The van der Waals surface area contributed by atoms with Gasteiger partial charge in [-0.25, -0.2) is 0 Å². The van der Waals surface area contributed by atoms with Gasteiger partial charge in [-0.1, -0.05) is 11.6 Å². The monoisotopic (exact) mass is 251 g/mol. The summed E-state index contributed by atoms with van der Waals surface area (Å²) in [5.74, 6) is 0. The standard InChI is InChI=1S/C12H14ClN3O/c1-8(2)16-11(10(13)7-15-16)12(17)9-3-5-14-6-4-9/h3-8,12,17H,1-2H3. The zero-order valence-corrected chi connectivity index (χ0v) is 10.5. The van der Waals surface area contributed by atoms with Gasteiger partial charge in [0.2, 0.25) is 0 Å². The van der Waals surface area contributed by atoms with Crippen molar-refractivity contribution in [2.24, 2.45) is 0 Å². The fourth-order valence-corrected chi connectivity index (χ4v) is 1.96. The van der Waals surface area contributed by atoms with Crippen LogP contribution in [-0.2, 0) is 0 Å². The molecule has 0 saturated carbocycles. The minimum absolute atomic E-state index is 0.147. The molecule has 0 spiro atoms. The lowest BCUT2D eigenvalue weighted by Crippen LogP contribution is -2.12.